The molecule has 2 N–H and O–H groups in total. The van der Waals surface area contributed by atoms with Gasteiger partial charge in [-0.15, -0.1) is 12.4 Å². The van der Waals surface area contributed by atoms with E-state index in [2.05, 4.69) is 15.5 Å². The van der Waals surface area contributed by atoms with Crippen molar-refractivity contribution in [1.29, 1.82) is 0 Å². The number of halogens is 1. The van der Waals surface area contributed by atoms with Gasteiger partial charge in [-0.2, -0.15) is 4.98 Å². The van der Waals surface area contributed by atoms with Crippen LogP contribution in [0, 0.1) is 6.92 Å². The maximum absolute atomic E-state index is 9.22. The van der Waals surface area contributed by atoms with Crippen molar-refractivity contribution in [3.8, 4) is 0 Å². The molecule has 1 aliphatic heterocycles. The zero-order chi connectivity index (χ0) is 8.55. The molecule has 1 aliphatic rings. The van der Waals surface area contributed by atoms with Gasteiger partial charge >= 0.3 is 0 Å². The van der Waals surface area contributed by atoms with E-state index in [9.17, 15) is 5.11 Å². The predicted molar refractivity (Wildman–Crippen MR) is 47.7 cm³/mol. The van der Waals surface area contributed by atoms with E-state index in [4.69, 9.17) is 4.52 Å². The Morgan fingerprint density at radius 1 is 1.62 bits per heavy atom. The van der Waals surface area contributed by atoms with E-state index >= 15 is 0 Å². The van der Waals surface area contributed by atoms with E-state index in [0.717, 1.165) is 0 Å². The minimum atomic E-state index is -0.290. The molecule has 74 valence electrons. The third-order valence-electron chi connectivity index (χ3n) is 1.95. The van der Waals surface area contributed by atoms with Crippen molar-refractivity contribution in [3.05, 3.63) is 11.7 Å². The van der Waals surface area contributed by atoms with Gasteiger partial charge in [-0.05, 0) is 13.3 Å². The molecule has 0 aromatic carbocycles. The van der Waals surface area contributed by atoms with Crippen LogP contribution in [-0.2, 0) is 0 Å². The topological polar surface area (TPSA) is 71.2 Å². The minimum absolute atomic E-state index is 0. The summed E-state index contributed by atoms with van der Waals surface area (Å²) < 4.78 is 4.96. The normalized spacial score (nSPS) is 27.2. The minimum Gasteiger partial charge on any atom is -0.392 e. The monoisotopic (exact) mass is 205 g/mol. The average Bonchev–Trinajstić information content (AvgIpc) is 2.58. The molecule has 0 radical (unpaired) electrons. The van der Waals surface area contributed by atoms with Gasteiger partial charge in [0.2, 0.25) is 5.89 Å². The second-order valence-corrected chi connectivity index (χ2v) is 3.03. The number of nitrogens with zero attached hydrogens (tertiary/aromatic N) is 2. The number of aliphatic hydroxyl groups excluding tert-OH is 1. The number of aliphatic hydroxyl groups is 1. The SMILES string of the molecule is Cc1noc([C@H]2C[C@@H](O)CN2)n1.Cl. The number of β-amino-alcohol motifs (C(OH)–C–C–N with tert-alkyl or cyclic N) is 1. The van der Waals surface area contributed by atoms with Gasteiger partial charge in [-0.1, -0.05) is 5.16 Å². The largest absolute Gasteiger partial charge is 0.392 e. The maximum atomic E-state index is 9.22. The van der Waals surface area contributed by atoms with Crippen LogP contribution in [0.4, 0.5) is 0 Å². The number of rotatable bonds is 1. The fourth-order valence-corrected chi connectivity index (χ4v) is 1.36. The Morgan fingerprint density at radius 3 is 2.85 bits per heavy atom. The Bertz CT molecular complexity index is 278. The maximum Gasteiger partial charge on any atom is 0.243 e. The van der Waals surface area contributed by atoms with E-state index in [1.54, 1.807) is 6.92 Å². The predicted octanol–water partition coefficient (Wildman–Crippen LogP) is 0.195. The second-order valence-electron chi connectivity index (χ2n) is 3.03. The summed E-state index contributed by atoms with van der Waals surface area (Å²) in [6.45, 7) is 2.38. The van der Waals surface area contributed by atoms with Gasteiger partial charge in [0.25, 0.3) is 0 Å². The summed E-state index contributed by atoms with van der Waals surface area (Å²) in [5, 5.41) is 16.0. The van der Waals surface area contributed by atoms with Crippen LogP contribution in [0.5, 0.6) is 0 Å². The number of aryl methyl sites for hydroxylation is 1. The van der Waals surface area contributed by atoms with Crippen LogP contribution in [0.2, 0.25) is 0 Å². The lowest BCUT2D eigenvalue weighted by Gasteiger charge is -2.01. The Balaban J connectivity index is 0.000000845. The van der Waals surface area contributed by atoms with Gasteiger partial charge in [0, 0.05) is 6.54 Å². The first kappa shape index (κ1) is 10.4. The Hall–Kier alpha value is -0.650. The van der Waals surface area contributed by atoms with Crippen molar-refractivity contribution in [1.82, 2.24) is 15.5 Å². The van der Waals surface area contributed by atoms with Crippen molar-refractivity contribution in [2.75, 3.05) is 6.54 Å². The van der Waals surface area contributed by atoms with Gasteiger partial charge in [-0.3, -0.25) is 0 Å². The van der Waals surface area contributed by atoms with Crippen LogP contribution in [-0.4, -0.2) is 27.9 Å². The van der Waals surface area contributed by atoms with E-state index < -0.39 is 0 Å². The molecule has 2 rings (SSSR count). The first-order valence-corrected chi connectivity index (χ1v) is 3.97. The second kappa shape index (κ2) is 4.04. The van der Waals surface area contributed by atoms with E-state index in [0.29, 0.717) is 24.7 Å². The quantitative estimate of drug-likeness (QED) is 0.685. The number of nitrogens with one attached hydrogen (secondary N) is 1. The lowest BCUT2D eigenvalue weighted by Crippen LogP contribution is -2.15. The zero-order valence-electron chi connectivity index (χ0n) is 7.23. The molecular formula is C7H12ClN3O2. The number of aromatic nitrogens is 2. The molecule has 0 saturated carbocycles. The number of hydrogen-bond acceptors (Lipinski definition) is 5. The Kier molecular flexibility index (Phi) is 3.24. The molecule has 0 amide bonds. The molecular weight excluding hydrogens is 194 g/mol. The molecule has 1 fully saturated rings. The number of hydrogen-bond donors (Lipinski definition) is 2. The third-order valence-corrected chi connectivity index (χ3v) is 1.95. The average molecular weight is 206 g/mol. The van der Waals surface area contributed by atoms with Gasteiger partial charge in [-0.25, -0.2) is 0 Å². The van der Waals surface area contributed by atoms with Crippen LogP contribution in [0.15, 0.2) is 4.52 Å². The van der Waals surface area contributed by atoms with Crippen molar-refractivity contribution in [2.24, 2.45) is 0 Å². The van der Waals surface area contributed by atoms with Crippen LogP contribution in [0.3, 0.4) is 0 Å². The van der Waals surface area contributed by atoms with Gasteiger partial charge in [0.15, 0.2) is 5.82 Å². The summed E-state index contributed by atoms with van der Waals surface area (Å²) in [6.07, 6.45) is 0.365. The lowest BCUT2D eigenvalue weighted by molar-refractivity contribution is 0.191. The Labute approximate surface area is 81.9 Å². The summed E-state index contributed by atoms with van der Waals surface area (Å²) in [5.41, 5.74) is 0. The highest BCUT2D eigenvalue weighted by Crippen LogP contribution is 2.21. The fraction of sp³-hybridized carbons (Fsp3) is 0.714. The molecule has 0 spiro atoms. The highest BCUT2D eigenvalue weighted by Gasteiger charge is 2.27. The van der Waals surface area contributed by atoms with Crippen LogP contribution in [0.1, 0.15) is 24.2 Å². The molecule has 6 heteroatoms. The summed E-state index contributed by atoms with van der Waals surface area (Å²) in [7, 11) is 0. The molecule has 1 aromatic rings. The van der Waals surface area contributed by atoms with Crippen LogP contribution in [0.25, 0.3) is 0 Å². The van der Waals surface area contributed by atoms with Crippen molar-refractivity contribution < 1.29 is 9.63 Å². The molecule has 5 nitrogen and oxygen atoms in total. The molecule has 2 heterocycles. The van der Waals surface area contributed by atoms with Crippen molar-refractivity contribution in [2.45, 2.75) is 25.5 Å². The molecule has 0 unspecified atom stereocenters. The molecule has 13 heavy (non-hydrogen) atoms. The smallest absolute Gasteiger partial charge is 0.243 e. The van der Waals surface area contributed by atoms with Gasteiger partial charge in [0.05, 0.1) is 12.1 Å². The highest BCUT2D eigenvalue weighted by molar-refractivity contribution is 5.85. The summed E-state index contributed by atoms with van der Waals surface area (Å²) in [6, 6.07) is 0.0289. The Morgan fingerprint density at radius 2 is 2.38 bits per heavy atom. The van der Waals surface area contributed by atoms with Crippen LogP contribution >= 0.6 is 12.4 Å². The van der Waals surface area contributed by atoms with E-state index in [1.165, 1.54) is 0 Å². The first-order chi connectivity index (χ1) is 5.75. The molecule has 2 atom stereocenters. The van der Waals surface area contributed by atoms with Crippen molar-refractivity contribution >= 4 is 12.4 Å². The van der Waals surface area contributed by atoms with Crippen molar-refractivity contribution in [3.63, 3.8) is 0 Å². The standard InChI is InChI=1S/C7H11N3O2.ClH/c1-4-9-7(12-10-4)6-2-5(11)3-8-6;/h5-6,8,11H,2-3H2,1H3;1H/t5-,6-;/m1./s1. The summed E-state index contributed by atoms with van der Waals surface area (Å²) in [4.78, 5) is 4.08. The highest BCUT2D eigenvalue weighted by atomic mass is 35.5. The lowest BCUT2D eigenvalue weighted by atomic mass is 10.2. The fourth-order valence-electron chi connectivity index (χ4n) is 1.36. The molecule has 1 aromatic heterocycles. The van der Waals surface area contributed by atoms with E-state index in [-0.39, 0.29) is 24.6 Å². The summed E-state index contributed by atoms with van der Waals surface area (Å²) >= 11 is 0. The molecule has 0 bridgehead atoms. The van der Waals surface area contributed by atoms with E-state index in [1.807, 2.05) is 0 Å². The van der Waals surface area contributed by atoms with Gasteiger partial charge in [0.1, 0.15) is 0 Å². The van der Waals surface area contributed by atoms with Gasteiger partial charge < -0.3 is 14.9 Å². The molecule has 0 aliphatic carbocycles. The zero-order valence-corrected chi connectivity index (χ0v) is 8.04. The van der Waals surface area contributed by atoms with Crippen LogP contribution < -0.4 is 5.32 Å². The third kappa shape index (κ3) is 2.18. The summed E-state index contributed by atoms with van der Waals surface area (Å²) in [5.74, 6) is 1.21. The first-order valence-electron chi connectivity index (χ1n) is 3.97. The molecule has 1 saturated heterocycles.